The van der Waals surface area contributed by atoms with E-state index in [2.05, 4.69) is 49.4 Å². The van der Waals surface area contributed by atoms with Gasteiger partial charge in [0.15, 0.2) is 0 Å². The molecule has 0 aliphatic heterocycles. The molecular weight excluding hydrogens is 444 g/mol. The minimum absolute atomic E-state index is 0.0440. The predicted molar refractivity (Wildman–Crippen MR) is 140 cm³/mol. The molecule has 2 amide bonds. The van der Waals surface area contributed by atoms with Gasteiger partial charge in [0.2, 0.25) is 11.8 Å². The van der Waals surface area contributed by atoms with E-state index in [0.29, 0.717) is 6.42 Å². The SMILES string of the molecule is CCCC(NC)C(=O)N(c1ccc(C(C)(C)C)s1)C(C(=O)NC1CCCCC1)c1cccnc1. The first kappa shape index (κ1) is 26.4. The number of likely N-dealkylation sites (N-methyl/N-ethyl adjacent to an activating group) is 1. The maximum Gasteiger partial charge on any atom is 0.248 e. The molecule has 2 unspecified atom stereocenters. The predicted octanol–water partition coefficient (Wildman–Crippen LogP) is 5.35. The minimum Gasteiger partial charge on any atom is -0.351 e. The maximum absolute atomic E-state index is 14.0. The highest BCUT2D eigenvalue weighted by Gasteiger charge is 2.37. The summed E-state index contributed by atoms with van der Waals surface area (Å²) in [6.07, 6.45) is 10.4. The summed E-state index contributed by atoms with van der Waals surface area (Å²) >= 11 is 1.59. The molecule has 34 heavy (non-hydrogen) atoms. The van der Waals surface area contributed by atoms with Crippen LogP contribution in [0.1, 0.15) is 89.1 Å². The zero-order valence-electron chi connectivity index (χ0n) is 21.3. The van der Waals surface area contributed by atoms with E-state index in [1.54, 1.807) is 28.6 Å². The lowest BCUT2D eigenvalue weighted by atomic mass is 9.94. The number of nitrogens with one attached hydrogen (secondary N) is 2. The van der Waals surface area contributed by atoms with Gasteiger partial charge in [-0.1, -0.05) is 59.4 Å². The Morgan fingerprint density at radius 1 is 1.18 bits per heavy atom. The van der Waals surface area contributed by atoms with E-state index in [1.165, 1.54) is 11.3 Å². The van der Waals surface area contributed by atoms with Crippen molar-refractivity contribution in [3.05, 3.63) is 47.1 Å². The fraction of sp³-hybridized carbons (Fsp3) is 0.593. The molecule has 1 fully saturated rings. The van der Waals surface area contributed by atoms with Crippen LogP contribution in [0.25, 0.3) is 0 Å². The van der Waals surface area contributed by atoms with Gasteiger partial charge in [0.25, 0.3) is 0 Å². The molecule has 2 aromatic heterocycles. The van der Waals surface area contributed by atoms with Gasteiger partial charge >= 0.3 is 0 Å². The van der Waals surface area contributed by atoms with E-state index >= 15 is 0 Å². The zero-order chi connectivity index (χ0) is 24.7. The zero-order valence-corrected chi connectivity index (χ0v) is 22.1. The summed E-state index contributed by atoms with van der Waals surface area (Å²) in [5.74, 6) is -0.218. The summed E-state index contributed by atoms with van der Waals surface area (Å²) < 4.78 is 0. The fourth-order valence-corrected chi connectivity index (χ4v) is 5.65. The van der Waals surface area contributed by atoms with Crippen molar-refractivity contribution >= 4 is 28.2 Å². The van der Waals surface area contributed by atoms with Gasteiger partial charge in [-0.15, -0.1) is 11.3 Å². The van der Waals surface area contributed by atoms with E-state index < -0.39 is 6.04 Å². The molecule has 2 heterocycles. The molecule has 0 bridgehead atoms. The van der Waals surface area contributed by atoms with Gasteiger partial charge in [-0.05, 0) is 49.9 Å². The Morgan fingerprint density at radius 2 is 1.91 bits per heavy atom. The Balaban J connectivity index is 2.07. The number of carbonyl (C=O) groups excluding carboxylic acids is 2. The highest BCUT2D eigenvalue weighted by molar-refractivity contribution is 7.16. The topological polar surface area (TPSA) is 74.3 Å². The van der Waals surface area contributed by atoms with Crippen LogP contribution in [0.15, 0.2) is 36.7 Å². The fourth-order valence-electron chi connectivity index (χ4n) is 4.55. The number of aromatic nitrogens is 1. The van der Waals surface area contributed by atoms with Crippen molar-refractivity contribution in [2.45, 2.75) is 96.2 Å². The molecule has 7 heteroatoms. The highest BCUT2D eigenvalue weighted by Crippen LogP contribution is 2.38. The van der Waals surface area contributed by atoms with E-state index in [0.717, 1.165) is 42.7 Å². The van der Waals surface area contributed by atoms with Crippen molar-refractivity contribution in [2.75, 3.05) is 11.9 Å². The van der Waals surface area contributed by atoms with Gasteiger partial charge in [-0.2, -0.15) is 0 Å². The van der Waals surface area contributed by atoms with Crippen LogP contribution in [-0.2, 0) is 15.0 Å². The van der Waals surface area contributed by atoms with E-state index in [1.807, 2.05) is 25.2 Å². The third-order valence-electron chi connectivity index (χ3n) is 6.49. The Bertz CT molecular complexity index is 932. The van der Waals surface area contributed by atoms with Gasteiger partial charge in [-0.3, -0.25) is 19.5 Å². The smallest absolute Gasteiger partial charge is 0.248 e. The summed E-state index contributed by atoms with van der Waals surface area (Å²) in [7, 11) is 1.81. The van der Waals surface area contributed by atoms with Crippen molar-refractivity contribution in [2.24, 2.45) is 0 Å². The molecule has 0 aromatic carbocycles. The Kier molecular flexibility index (Phi) is 9.25. The number of rotatable bonds is 9. The second-order valence-electron chi connectivity index (χ2n) is 10.3. The summed E-state index contributed by atoms with van der Waals surface area (Å²) in [6.45, 7) is 8.56. The molecule has 186 valence electrons. The second kappa shape index (κ2) is 11.9. The molecule has 2 aromatic rings. The molecule has 0 saturated heterocycles. The number of thiophene rings is 1. The van der Waals surface area contributed by atoms with Crippen LogP contribution >= 0.6 is 11.3 Å². The summed E-state index contributed by atoms with van der Waals surface area (Å²) in [5.41, 5.74) is 0.679. The average molecular weight is 485 g/mol. The second-order valence-corrected chi connectivity index (χ2v) is 11.3. The van der Waals surface area contributed by atoms with Crippen LogP contribution in [0, 0.1) is 0 Å². The Labute approximate surface area is 208 Å². The summed E-state index contributed by atoms with van der Waals surface area (Å²) in [4.78, 5) is 35.0. The van der Waals surface area contributed by atoms with E-state index in [-0.39, 0.29) is 29.3 Å². The summed E-state index contributed by atoms with van der Waals surface area (Å²) in [6, 6.07) is 6.79. The molecule has 2 atom stereocenters. The van der Waals surface area contributed by atoms with Crippen LogP contribution in [0.5, 0.6) is 0 Å². The number of nitrogens with zero attached hydrogens (tertiary/aromatic N) is 2. The van der Waals surface area contributed by atoms with Crippen molar-refractivity contribution in [3.63, 3.8) is 0 Å². The molecule has 1 aliphatic rings. The standard InChI is InChI=1S/C27H40N4O2S/c1-6-11-21(28-5)26(33)31(23-16-15-22(34-23)27(2,3)4)24(19-12-10-17-29-18-19)25(32)30-20-13-8-7-9-14-20/h10,12,15-18,20-21,24,28H,6-9,11,13-14H2,1-5H3,(H,30,32). The maximum atomic E-state index is 14.0. The Morgan fingerprint density at radius 3 is 2.47 bits per heavy atom. The molecule has 0 spiro atoms. The normalized spacial score (nSPS) is 16.6. The first-order valence-corrected chi connectivity index (χ1v) is 13.4. The van der Waals surface area contributed by atoms with E-state index in [9.17, 15) is 9.59 Å². The minimum atomic E-state index is -0.776. The highest BCUT2D eigenvalue weighted by atomic mass is 32.1. The number of anilines is 1. The molecule has 2 N–H and O–H groups in total. The lowest BCUT2D eigenvalue weighted by Gasteiger charge is -2.34. The van der Waals surface area contributed by atoms with Gasteiger partial charge in [0.05, 0.1) is 11.0 Å². The molecule has 1 saturated carbocycles. The van der Waals surface area contributed by atoms with Gasteiger partial charge < -0.3 is 10.6 Å². The molecule has 6 nitrogen and oxygen atoms in total. The summed E-state index contributed by atoms with van der Waals surface area (Å²) in [5, 5.41) is 7.25. The third kappa shape index (κ3) is 6.45. The van der Waals surface area contributed by atoms with Crippen molar-refractivity contribution in [3.8, 4) is 0 Å². The van der Waals surface area contributed by atoms with Gasteiger partial charge in [0, 0.05) is 28.9 Å². The molecule has 3 rings (SSSR count). The van der Waals surface area contributed by atoms with Crippen LogP contribution in [-0.4, -0.2) is 35.9 Å². The van der Waals surface area contributed by atoms with Crippen LogP contribution in [0.3, 0.4) is 0 Å². The third-order valence-corrected chi connectivity index (χ3v) is 8.00. The van der Waals surface area contributed by atoms with Crippen LogP contribution in [0.4, 0.5) is 5.00 Å². The lowest BCUT2D eigenvalue weighted by Crippen LogP contribution is -2.52. The molecule has 0 radical (unpaired) electrons. The van der Waals surface area contributed by atoms with Crippen LogP contribution < -0.4 is 15.5 Å². The monoisotopic (exact) mass is 484 g/mol. The van der Waals surface area contributed by atoms with E-state index in [4.69, 9.17) is 0 Å². The van der Waals surface area contributed by atoms with Crippen LogP contribution in [0.2, 0.25) is 0 Å². The number of pyridine rings is 1. The van der Waals surface area contributed by atoms with Crippen molar-refractivity contribution in [1.29, 1.82) is 0 Å². The number of hydrogen-bond acceptors (Lipinski definition) is 5. The van der Waals surface area contributed by atoms with Gasteiger partial charge in [-0.25, -0.2) is 0 Å². The first-order valence-electron chi connectivity index (χ1n) is 12.6. The largest absolute Gasteiger partial charge is 0.351 e. The first-order chi connectivity index (χ1) is 16.3. The molecule has 1 aliphatic carbocycles. The average Bonchev–Trinajstić information content (AvgIpc) is 3.32. The number of hydrogen-bond donors (Lipinski definition) is 2. The number of amides is 2. The quantitative estimate of drug-likeness (QED) is 0.503. The number of carbonyl (C=O) groups is 2. The lowest BCUT2D eigenvalue weighted by molar-refractivity contribution is -0.128. The van der Waals surface area contributed by atoms with Crippen molar-refractivity contribution in [1.82, 2.24) is 15.6 Å². The van der Waals surface area contributed by atoms with Gasteiger partial charge in [0.1, 0.15) is 6.04 Å². The molecular formula is C27H40N4O2S. The van der Waals surface area contributed by atoms with Crippen molar-refractivity contribution < 1.29 is 9.59 Å². The Hall–Kier alpha value is -2.25.